The standard InChI is InChI=1S/C20H14ClIN2O2/c21-15-5-1-3-13(11-15)19(25)23-17-7-9-18(10-8-17)24-20(26)14-4-2-6-16(22)12-14/h1-12H,(H,23,25)(H,24,26). The maximum Gasteiger partial charge on any atom is 0.255 e. The minimum Gasteiger partial charge on any atom is -0.322 e. The Labute approximate surface area is 169 Å². The van der Waals surface area contributed by atoms with Crippen molar-refractivity contribution < 1.29 is 9.59 Å². The predicted octanol–water partition coefficient (Wildman–Crippen LogP) is 5.45. The second kappa shape index (κ2) is 8.33. The van der Waals surface area contributed by atoms with Crippen LogP contribution in [-0.2, 0) is 0 Å². The van der Waals surface area contributed by atoms with Crippen LogP contribution < -0.4 is 10.6 Å². The van der Waals surface area contributed by atoms with E-state index in [9.17, 15) is 9.59 Å². The van der Waals surface area contributed by atoms with Crippen molar-refractivity contribution in [2.75, 3.05) is 10.6 Å². The van der Waals surface area contributed by atoms with Crippen LogP contribution in [-0.4, -0.2) is 11.8 Å². The summed E-state index contributed by atoms with van der Waals surface area (Å²) in [5.41, 5.74) is 2.35. The van der Waals surface area contributed by atoms with E-state index in [1.807, 2.05) is 18.2 Å². The largest absolute Gasteiger partial charge is 0.322 e. The van der Waals surface area contributed by atoms with Gasteiger partial charge in [0.05, 0.1) is 0 Å². The van der Waals surface area contributed by atoms with Crippen LogP contribution in [0.1, 0.15) is 20.7 Å². The molecule has 0 spiro atoms. The maximum absolute atomic E-state index is 12.2. The summed E-state index contributed by atoms with van der Waals surface area (Å²) in [4.78, 5) is 24.5. The Kier molecular flexibility index (Phi) is 5.90. The topological polar surface area (TPSA) is 58.2 Å². The van der Waals surface area contributed by atoms with Crippen LogP contribution in [0.5, 0.6) is 0 Å². The molecule has 0 aliphatic rings. The van der Waals surface area contributed by atoms with E-state index in [0.717, 1.165) is 3.57 Å². The van der Waals surface area contributed by atoms with Crippen LogP contribution >= 0.6 is 34.2 Å². The SMILES string of the molecule is O=C(Nc1ccc(NC(=O)c2cccc(I)c2)cc1)c1cccc(Cl)c1. The van der Waals surface area contributed by atoms with Crippen molar-refractivity contribution >= 4 is 57.4 Å². The van der Waals surface area contributed by atoms with Crippen LogP contribution in [0.2, 0.25) is 5.02 Å². The molecule has 0 bridgehead atoms. The second-order valence-corrected chi connectivity index (χ2v) is 7.19. The number of hydrogen-bond acceptors (Lipinski definition) is 2. The molecule has 3 rings (SSSR count). The first-order valence-corrected chi connectivity index (χ1v) is 9.21. The molecule has 0 aromatic heterocycles. The highest BCUT2D eigenvalue weighted by Crippen LogP contribution is 2.17. The highest BCUT2D eigenvalue weighted by Gasteiger charge is 2.08. The molecule has 0 saturated carbocycles. The molecule has 2 N–H and O–H groups in total. The van der Waals surface area contributed by atoms with Crippen LogP contribution in [0.25, 0.3) is 0 Å². The van der Waals surface area contributed by atoms with E-state index in [4.69, 9.17) is 11.6 Å². The summed E-state index contributed by atoms with van der Waals surface area (Å²) < 4.78 is 0.995. The third-order valence-corrected chi connectivity index (χ3v) is 4.48. The Morgan fingerprint density at radius 2 is 1.23 bits per heavy atom. The molecule has 3 aromatic carbocycles. The van der Waals surface area contributed by atoms with Gasteiger partial charge in [0, 0.05) is 31.1 Å². The predicted molar refractivity (Wildman–Crippen MR) is 113 cm³/mol. The molecule has 0 aliphatic carbocycles. The van der Waals surface area contributed by atoms with Crippen LogP contribution in [0, 0.1) is 3.57 Å². The van der Waals surface area contributed by atoms with Gasteiger partial charge in [-0.1, -0.05) is 23.7 Å². The molecule has 0 fully saturated rings. The number of benzene rings is 3. The van der Waals surface area contributed by atoms with Gasteiger partial charge in [-0.25, -0.2) is 0 Å². The quantitative estimate of drug-likeness (QED) is 0.492. The molecule has 4 nitrogen and oxygen atoms in total. The van der Waals surface area contributed by atoms with E-state index >= 15 is 0 Å². The van der Waals surface area contributed by atoms with Gasteiger partial charge in [-0.05, 0) is 83.3 Å². The molecule has 130 valence electrons. The Morgan fingerprint density at radius 1 is 0.731 bits per heavy atom. The lowest BCUT2D eigenvalue weighted by Crippen LogP contribution is -2.13. The number of amides is 2. The second-order valence-electron chi connectivity index (χ2n) is 5.51. The van der Waals surface area contributed by atoms with Gasteiger partial charge in [0.2, 0.25) is 0 Å². The highest BCUT2D eigenvalue weighted by atomic mass is 127. The third-order valence-electron chi connectivity index (χ3n) is 3.57. The number of carbonyl (C=O) groups is 2. The van der Waals surface area contributed by atoms with Gasteiger partial charge in [0.25, 0.3) is 11.8 Å². The molecule has 0 unspecified atom stereocenters. The van der Waals surface area contributed by atoms with Crippen LogP contribution in [0.15, 0.2) is 72.8 Å². The zero-order valence-corrected chi connectivity index (χ0v) is 16.4. The van der Waals surface area contributed by atoms with E-state index in [-0.39, 0.29) is 11.8 Å². The first-order chi connectivity index (χ1) is 12.5. The fourth-order valence-corrected chi connectivity index (χ4v) is 3.04. The molecule has 3 aromatic rings. The first-order valence-electron chi connectivity index (χ1n) is 7.75. The number of nitrogens with one attached hydrogen (secondary N) is 2. The molecule has 0 atom stereocenters. The van der Waals surface area contributed by atoms with Crippen molar-refractivity contribution in [1.82, 2.24) is 0 Å². The van der Waals surface area contributed by atoms with Gasteiger partial charge in [-0.2, -0.15) is 0 Å². The smallest absolute Gasteiger partial charge is 0.255 e. The molecule has 0 aliphatic heterocycles. The number of hydrogen-bond donors (Lipinski definition) is 2. The Bertz CT molecular complexity index is 880. The lowest BCUT2D eigenvalue weighted by atomic mass is 10.2. The summed E-state index contributed by atoms with van der Waals surface area (Å²) in [6, 6.07) is 21.0. The van der Waals surface area contributed by atoms with Crippen molar-refractivity contribution in [2.24, 2.45) is 0 Å². The maximum atomic E-state index is 12.2. The van der Waals surface area contributed by atoms with Crippen molar-refractivity contribution in [3.8, 4) is 0 Å². The number of anilines is 2. The summed E-state index contributed by atoms with van der Waals surface area (Å²) in [5, 5.41) is 6.13. The fourth-order valence-electron chi connectivity index (χ4n) is 2.30. The normalized spacial score (nSPS) is 10.2. The van der Waals surface area contributed by atoms with Gasteiger partial charge in [0.1, 0.15) is 0 Å². The van der Waals surface area contributed by atoms with Crippen LogP contribution in [0.4, 0.5) is 11.4 Å². The third kappa shape index (κ3) is 4.83. The molecule has 6 heteroatoms. The lowest BCUT2D eigenvalue weighted by molar-refractivity contribution is 0.101. The molecule has 2 amide bonds. The van der Waals surface area contributed by atoms with E-state index in [2.05, 4.69) is 33.2 Å². The minimum atomic E-state index is -0.247. The van der Waals surface area contributed by atoms with Crippen molar-refractivity contribution in [1.29, 1.82) is 0 Å². The molecule has 0 radical (unpaired) electrons. The summed E-state index contributed by atoms with van der Waals surface area (Å²) in [6.45, 7) is 0. The lowest BCUT2D eigenvalue weighted by Gasteiger charge is -2.08. The van der Waals surface area contributed by atoms with Crippen molar-refractivity contribution in [3.63, 3.8) is 0 Å². The zero-order chi connectivity index (χ0) is 18.5. The van der Waals surface area contributed by atoms with Gasteiger partial charge in [-0.15, -0.1) is 0 Å². The van der Waals surface area contributed by atoms with Crippen LogP contribution in [0.3, 0.4) is 0 Å². The summed E-state index contributed by atoms with van der Waals surface area (Å²) in [5.74, 6) is -0.428. The van der Waals surface area contributed by atoms with E-state index in [1.54, 1.807) is 54.6 Å². The van der Waals surface area contributed by atoms with Crippen molar-refractivity contribution in [3.05, 3.63) is 92.5 Å². The number of carbonyl (C=O) groups excluding carboxylic acids is 2. The number of halogens is 2. The molecule has 0 heterocycles. The Hall–Kier alpha value is -2.38. The minimum absolute atomic E-state index is 0.181. The fraction of sp³-hybridized carbons (Fsp3) is 0. The van der Waals surface area contributed by atoms with Gasteiger partial charge >= 0.3 is 0 Å². The molecule has 0 saturated heterocycles. The monoisotopic (exact) mass is 476 g/mol. The van der Waals surface area contributed by atoms with Gasteiger partial charge in [-0.3, -0.25) is 9.59 Å². The summed E-state index contributed by atoms with van der Waals surface area (Å²) in [7, 11) is 0. The van der Waals surface area contributed by atoms with E-state index < -0.39 is 0 Å². The highest BCUT2D eigenvalue weighted by molar-refractivity contribution is 14.1. The van der Waals surface area contributed by atoms with E-state index in [0.29, 0.717) is 27.5 Å². The Balaban J connectivity index is 1.65. The molecular formula is C20H14ClIN2O2. The molecule has 26 heavy (non-hydrogen) atoms. The Morgan fingerprint density at radius 3 is 1.73 bits per heavy atom. The summed E-state index contributed by atoms with van der Waals surface area (Å²) >= 11 is 8.06. The van der Waals surface area contributed by atoms with E-state index in [1.165, 1.54) is 0 Å². The zero-order valence-electron chi connectivity index (χ0n) is 13.5. The van der Waals surface area contributed by atoms with Gasteiger partial charge < -0.3 is 10.6 Å². The molecular weight excluding hydrogens is 463 g/mol. The first kappa shape index (κ1) is 18.4. The van der Waals surface area contributed by atoms with Gasteiger partial charge in [0.15, 0.2) is 0 Å². The number of rotatable bonds is 4. The summed E-state index contributed by atoms with van der Waals surface area (Å²) in [6.07, 6.45) is 0. The average Bonchev–Trinajstić information content (AvgIpc) is 2.63. The average molecular weight is 477 g/mol. The van der Waals surface area contributed by atoms with Crippen molar-refractivity contribution in [2.45, 2.75) is 0 Å².